The number of nitriles is 1. The van der Waals surface area contributed by atoms with Gasteiger partial charge in [-0.05, 0) is 38.1 Å². The highest BCUT2D eigenvalue weighted by atomic mass is 16.1. The van der Waals surface area contributed by atoms with Crippen LogP contribution in [0.1, 0.15) is 32.9 Å². The molecule has 0 aliphatic carbocycles. The molecule has 2 aromatic rings. The Hall–Kier alpha value is -2.61. The van der Waals surface area contributed by atoms with Crippen LogP contribution in [0.3, 0.4) is 0 Å². The van der Waals surface area contributed by atoms with Gasteiger partial charge in [0.05, 0.1) is 17.3 Å². The number of benzene rings is 1. The summed E-state index contributed by atoms with van der Waals surface area (Å²) in [4.78, 5) is 11.9. The van der Waals surface area contributed by atoms with E-state index >= 15 is 0 Å². The number of amides is 1. The summed E-state index contributed by atoms with van der Waals surface area (Å²) >= 11 is 0. The average Bonchev–Trinajstić information content (AvgIpc) is 2.75. The van der Waals surface area contributed by atoms with Crippen LogP contribution >= 0.6 is 0 Å². The summed E-state index contributed by atoms with van der Waals surface area (Å²) in [6, 6.07) is 8.56. The SMILES string of the molecule is Cc1n[nH]c(C)c1CNC(=O)c1ccc(C#N)cc1. The number of aromatic nitrogens is 2. The molecule has 0 saturated heterocycles. The van der Waals surface area contributed by atoms with Crippen LogP contribution in [0, 0.1) is 25.2 Å². The molecule has 0 radical (unpaired) electrons. The molecule has 0 spiro atoms. The van der Waals surface area contributed by atoms with Crippen molar-refractivity contribution in [3.63, 3.8) is 0 Å². The third kappa shape index (κ3) is 2.80. The number of aromatic amines is 1. The molecule has 0 fully saturated rings. The maximum Gasteiger partial charge on any atom is 0.251 e. The Balaban J connectivity index is 2.03. The smallest absolute Gasteiger partial charge is 0.251 e. The number of nitrogens with one attached hydrogen (secondary N) is 2. The van der Waals surface area contributed by atoms with Gasteiger partial charge in [0.2, 0.25) is 0 Å². The Labute approximate surface area is 111 Å². The minimum Gasteiger partial charge on any atom is -0.348 e. The first-order chi connectivity index (χ1) is 9.11. The van der Waals surface area contributed by atoms with Gasteiger partial charge in [-0.1, -0.05) is 0 Å². The molecule has 5 nitrogen and oxygen atoms in total. The monoisotopic (exact) mass is 254 g/mol. The minimum atomic E-state index is -0.163. The zero-order valence-electron chi connectivity index (χ0n) is 10.8. The summed E-state index contributed by atoms with van der Waals surface area (Å²) in [5.74, 6) is -0.163. The molecule has 0 bridgehead atoms. The van der Waals surface area contributed by atoms with E-state index in [9.17, 15) is 4.79 Å². The number of hydrogen-bond acceptors (Lipinski definition) is 3. The molecule has 0 saturated carbocycles. The Bertz CT molecular complexity index is 615. The molecule has 96 valence electrons. The highest BCUT2D eigenvalue weighted by Gasteiger charge is 2.09. The van der Waals surface area contributed by atoms with Crippen LogP contribution in [0.2, 0.25) is 0 Å². The lowest BCUT2D eigenvalue weighted by atomic mass is 10.1. The van der Waals surface area contributed by atoms with Crippen LogP contribution in [-0.2, 0) is 6.54 Å². The molecule has 0 unspecified atom stereocenters. The standard InChI is InChI=1S/C14H14N4O/c1-9-13(10(2)18-17-9)8-16-14(19)12-5-3-11(7-15)4-6-12/h3-6H,8H2,1-2H3,(H,16,19)(H,17,18). The molecule has 2 rings (SSSR count). The first-order valence-electron chi connectivity index (χ1n) is 5.90. The van der Waals surface area contributed by atoms with E-state index < -0.39 is 0 Å². The zero-order chi connectivity index (χ0) is 13.8. The van der Waals surface area contributed by atoms with E-state index in [1.54, 1.807) is 24.3 Å². The number of aryl methyl sites for hydroxylation is 2. The second kappa shape index (κ2) is 5.36. The minimum absolute atomic E-state index is 0.163. The molecule has 0 atom stereocenters. The Morgan fingerprint density at radius 1 is 1.37 bits per heavy atom. The van der Waals surface area contributed by atoms with Gasteiger partial charge >= 0.3 is 0 Å². The van der Waals surface area contributed by atoms with Crippen molar-refractivity contribution in [2.45, 2.75) is 20.4 Å². The van der Waals surface area contributed by atoms with Crippen molar-refractivity contribution in [3.05, 3.63) is 52.3 Å². The summed E-state index contributed by atoms with van der Waals surface area (Å²) in [6.45, 7) is 4.25. The van der Waals surface area contributed by atoms with Crippen LogP contribution < -0.4 is 5.32 Å². The van der Waals surface area contributed by atoms with Crippen LogP contribution in [-0.4, -0.2) is 16.1 Å². The lowest BCUT2D eigenvalue weighted by molar-refractivity contribution is 0.0951. The predicted octanol–water partition coefficient (Wildman–Crippen LogP) is 1.83. The van der Waals surface area contributed by atoms with Crippen molar-refractivity contribution >= 4 is 5.91 Å². The fourth-order valence-corrected chi connectivity index (χ4v) is 1.80. The van der Waals surface area contributed by atoms with E-state index in [0.29, 0.717) is 17.7 Å². The van der Waals surface area contributed by atoms with Gasteiger partial charge in [-0.3, -0.25) is 9.89 Å². The molecule has 19 heavy (non-hydrogen) atoms. The van der Waals surface area contributed by atoms with Gasteiger partial charge in [-0.15, -0.1) is 0 Å². The fraction of sp³-hybridized carbons (Fsp3) is 0.214. The normalized spacial score (nSPS) is 9.95. The Kier molecular flexibility index (Phi) is 3.62. The summed E-state index contributed by atoms with van der Waals surface area (Å²) in [7, 11) is 0. The average molecular weight is 254 g/mol. The molecule has 1 heterocycles. The van der Waals surface area contributed by atoms with Gasteiger partial charge in [0.1, 0.15) is 0 Å². The zero-order valence-corrected chi connectivity index (χ0v) is 10.8. The largest absolute Gasteiger partial charge is 0.348 e. The van der Waals surface area contributed by atoms with Crippen LogP contribution in [0.25, 0.3) is 0 Å². The fourth-order valence-electron chi connectivity index (χ4n) is 1.80. The van der Waals surface area contributed by atoms with Gasteiger partial charge < -0.3 is 5.32 Å². The predicted molar refractivity (Wildman–Crippen MR) is 70.4 cm³/mol. The number of carbonyl (C=O) groups excluding carboxylic acids is 1. The second-order valence-corrected chi connectivity index (χ2v) is 4.28. The summed E-state index contributed by atoms with van der Waals surface area (Å²) in [5, 5.41) is 18.5. The lowest BCUT2D eigenvalue weighted by Gasteiger charge is -2.05. The summed E-state index contributed by atoms with van der Waals surface area (Å²) < 4.78 is 0. The Morgan fingerprint density at radius 2 is 2.05 bits per heavy atom. The van der Waals surface area contributed by atoms with E-state index in [2.05, 4.69) is 15.5 Å². The quantitative estimate of drug-likeness (QED) is 0.876. The molecule has 0 aliphatic heterocycles. The molecule has 1 aromatic carbocycles. The van der Waals surface area contributed by atoms with Gasteiger partial charge in [0.25, 0.3) is 5.91 Å². The molecule has 2 N–H and O–H groups in total. The number of carbonyl (C=O) groups is 1. The van der Waals surface area contributed by atoms with Gasteiger partial charge in [0.15, 0.2) is 0 Å². The molecular formula is C14H14N4O. The maximum absolute atomic E-state index is 11.9. The first-order valence-corrected chi connectivity index (χ1v) is 5.90. The molecule has 5 heteroatoms. The van der Waals surface area contributed by atoms with Crippen molar-refractivity contribution in [2.75, 3.05) is 0 Å². The van der Waals surface area contributed by atoms with Crippen LogP contribution in [0.4, 0.5) is 0 Å². The van der Waals surface area contributed by atoms with Crippen molar-refractivity contribution in [2.24, 2.45) is 0 Å². The van der Waals surface area contributed by atoms with Crippen molar-refractivity contribution in [1.29, 1.82) is 5.26 Å². The van der Waals surface area contributed by atoms with Gasteiger partial charge in [-0.2, -0.15) is 10.4 Å². The number of H-pyrrole nitrogens is 1. The third-order valence-electron chi connectivity index (χ3n) is 2.98. The van der Waals surface area contributed by atoms with Crippen molar-refractivity contribution in [1.82, 2.24) is 15.5 Å². The van der Waals surface area contributed by atoms with E-state index in [-0.39, 0.29) is 5.91 Å². The lowest BCUT2D eigenvalue weighted by Crippen LogP contribution is -2.23. The van der Waals surface area contributed by atoms with Gasteiger partial charge in [0, 0.05) is 23.4 Å². The third-order valence-corrected chi connectivity index (χ3v) is 2.98. The molecule has 1 aromatic heterocycles. The van der Waals surface area contributed by atoms with E-state index in [4.69, 9.17) is 5.26 Å². The maximum atomic E-state index is 11.9. The van der Waals surface area contributed by atoms with Crippen LogP contribution in [0.15, 0.2) is 24.3 Å². The second-order valence-electron chi connectivity index (χ2n) is 4.28. The van der Waals surface area contributed by atoms with E-state index in [1.807, 2.05) is 19.9 Å². The first kappa shape index (κ1) is 12.8. The number of hydrogen-bond donors (Lipinski definition) is 2. The highest BCUT2D eigenvalue weighted by molar-refractivity contribution is 5.94. The number of nitrogens with zero attached hydrogens (tertiary/aromatic N) is 2. The highest BCUT2D eigenvalue weighted by Crippen LogP contribution is 2.09. The Morgan fingerprint density at radius 3 is 2.58 bits per heavy atom. The topological polar surface area (TPSA) is 81.6 Å². The summed E-state index contributed by atoms with van der Waals surface area (Å²) in [5.41, 5.74) is 3.92. The molecule has 1 amide bonds. The molecular weight excluding hydrogens is 240 g/mol. The number of rotatable bonds is 3. The van der Waals surface area contributed by atoms with Crippen molar-refractivity contribution < 1.29 is 4.79 Å². The molecule has 0 aliphatic rings. The van der Waals surface area contributed by atoms with Crippen LogP contribution in [0.5, 0.6) is 0 Å². The van der Waals surface area contributed by atoms with Gasteiger partial charge in [-0.25, -0.2) is 0 Å². The summed E-state index contributed by atoms with van der Waals surface area (Å²) in [6.07, 6.45) is 0. The van der Waals surface area contributed by atoms with E-state index in [0.717, 1.165) is 17.0 Å². The van der Waals surface area contributed by atoms with E-state index in [1.165, 1.54) is 0 Å². The van der Waals surface area contributed by atoms with Crippen molar-refractivity contribution in [3.8, 4) is 6.07 Å².